The van der Waals surface area contributed by atoms with Crippen LogP contribution in [0.4, 0.5) is 5.69 Å². The third-order valence-corrected chi connectivity index (χ3v) is 2.93. The maximum atomic E-state index is 5.45. The van der Waals surface area contributed by atoms with Crippen LogP contribution in [0.2, 0.25) is 0 Å². The molecule has 0 bridgehead atoms. The highest BCUT2D eigenvalue weighted by atomic mass is 16.3. The minimum absolute atomic E-state index is 0.763. The Balaban J connectivity index is 1.78. The summed E-state index contributed by atoms with van der Waals surface area (Å²) in [5.41, 5.74) is 2.06. The molecule has 3 heteroatoms. The lowest BCUT2D eigenvalue weighted by atomic mass is 10.0. The summed E-state index contributed by atoms with van der Waals surface area (Å²) in [6, 6.07) is 8.10. The topological polar surface area (TPSA) is 37.2 Å². The van der Waals surface area contributed by atoms with Crippen LogP contribution >= 0.6 is 0 Å². The second-order valence-electron chi connectivity index (χ2n) is 4.05. The summed E-state index contributed by atoms with van der Waals surface area (Å²) in [6.45, 7) is 3.28. The molecule has 2 heterocycles. The molecule has 15 heavy (non-hydrogen) atoms. The first-order chi connectivity index (χ1) is 7.43. The van der Waals surface area contributed by atoms with Gasteiger partial charge in [-0.3, -0.25) is 0 Å². The predicted molar refractivity (Wildman–Crippen MR) is 61.1 cm³/mol. The molecule has 1 fully saturated rings. The molecule has 0 amide bonds. The molecule has 0 spiro atoms. The van der Waals surface area contributed by atoms with Crippen molar-refractivity contribution in [3.63, 3.8) is 0 Å². The summed E-state index contributed by atoms with van der Waals surface area (Å²) in [5, 5.41) is 7.87. The van der Waals surface area contributed by atoms with E-state index in [1.807, 2.05) is 18.2 Å². The number of nitrogens with one attached hydrogen (secondary N) is 2. The third kappa shape index (κ3) is 1.59. The van der Waals surface area contributed by atoms with E-state index in [2.05, 4.69) is 16.7 Å². The molecule has 1 aliphatic heterocycles. The molecule has 0 atom stereocenters. The van der Waals surface area contributed by atoms with Crippen molar-refractivity contribution in [1.29, 1.82) is 0 Å². The lowest BCUT2D eigenvalue weighted by molar-refractivity contribution is 0.365. The van der Waals surface area contributed by atoms with Crippen LogP contribution in [0.1, 0.15) is 0 Å². The minimum Gasteiger partial charge on any atom is -0.462 e. The predicted octanol–water partition coefficient (Wildman–Crippen LogP) is 2.06. The normalized spacial score (nSPS) is 16.5. The van der Waals surface area contributed by atoms with Crippen LogP contribution in [-0.4, -0.2) is 19.6 Å². The Hall–Kier alpha value is -1.48. The Morgan fingerprint density at radius 1 is 1.33 bits per heavy atom. The van der Waals surface area contributed by atoms with Crippen molar-refractivity contribution in [2.75, 3.05) is 25.0 Å². The number of para-hydroxylation sites is 1. The average molecular weight is 202 g/mol. The number of hydrogen-bond acceptors (Lipinski definition) is 3. The number of fused-ring (bicyclic) bond motifs is 1. The van der Waals surface area contributed by atoms with E-state index in [9.17, 15) is 0 Å². The number of rotatable bonds is 3. The molecule has 0 radical (unpaired) electrons. The van der Waals surface area contributed by atoms with Gasteiger partial charge in [-0.2, -0.15) is 0 Å². The van der Waals surface area contributed by atoms with E-state index in [4.69, 9.17) is 4.42 Å². The van der Waals surface area contributed by atoms with E-state index in [0.29, 0.717) is 0 Å². The Kier molecular flexibility index (Phi) is 2.10. The molecule has 1 aromatic heterocycles. The lowest BCUT2D eigenvalue weighted by Gasteiger charge is -2.27. The molecule has 3 rings (SSSR count). The highest BCUT2D eigenvalue weighted by Crippen LogP contribution is 2.25. The summed E-state index contributed by atoms with van der Waals surface area (Å²) in [4.78, 5) is 0. The zero-order chi connectivity index (χ0) is 10.1. The van der Waals surface area contributed by atoms with E-state index < -0.39 is 0 Å². The summed E-state index contributed by atoms with van der Waals surface area (Å²) >= 11 is 0. The van der Waals surface area contributed by atoms with Crippen molar-refractivity contribution in [3.8, 4) is 0 Å². The fourth-order valence-corrected chi connectivity index (χ4v) is 1.86. The summed E-state index contributed by atoms with van der Waals surface area (Å²) < 4.78 is 5.45. The van der Waals surface area contributed by atoms with Gasteiger partial charge < -0.3 is 15.1 Å². The quantitative estimate of drug-likeness (QED) is 0.800. The van der Waals surface area contributed by atoms with Crippen molar-refractivity contribution in [3.05, 3.63) is 30.5 Å². The molecule has 0 unspecified atom stereocenters. The van der Waals surface area contributed by atoms with Crippen molar-refractivity contribution in [2.45, 2.75) is 0 Å². The number of anilines is 1. The maximum absolute atomic E-state index is 5.45. The van der Waals surface area contributed by atoms with Crippen LogP contribution in [0.25, 0.3) is 11.0 Å². The highest BCUT2D eigenvalue weighted by Gasteiger charge is 2.16. The first-order valence-corrected chi connectivity index (χ1v) is 5.34. The molecular weight excluding hydrogens is 188 g/mol. The summed E-state index contributed by atoms with van der Waals surface area (Å²) in [6.07, 6.45) is 1.80. The van der Waals surface area contributed by atoms with Gasteiger partial charge in [-0.1, -0.05) is 12.1 Å². The Morgan fingerprint density at radius 3 is 3.00 bits per heavy atom. The van der Waals surface area contributed by atoms with Crippen molar-refractivity contribution >= 4 is 16.7 Å². The Morgan fingerprint density at radius 2 is 2.20 bits per heavy atom. The zero-order valence-electron chi connectivity index (χ0n) is 8.49. The van der Waals surface area contributed by atoms with Gasteiger partial charge in [0.05, 0.1) is 5.69 Å². The Bertz CT molecular complexity index is 459. The molecule has 3 nitrogen and oxygen atoms in total. The van der Waals surface area contributed by atoms with Crippen LogP contribution in [0.15, 0.2) is 34.9 Å². The second-order valence-corrected chi connectivity index (χ2v) is 4.05. The van der Waals surface area contributed by atoms with Crippen LogP contribution in [-0.2, 0) is 0 Å². The smallest absolute Gasteiger partial charge is 0.136 e. The SMILES string of the molecule is c1ccc2c(NCC3CNC3)coc2c1. The zero-order valence-corrected chi connectivity index (χ0v) is 8.49. The molecule has 0 saturated carbocycles. The molecule has 1 saturated heterocycles. The number of hydrogen-bond donors (Lipinski definition) is 2. The maximum Gasteiger partial charge on any atom is 0.136 e. The molecule has 0 aliphatic carbocycles. The minimum atomic E-state index is 0.763. The van der Waals surface area contributed by atoms with E-state index >= 15 is 0 Å². The van der Waals surface area contributed by atoms with Gasteiger partial charge in [0.15, 0.2) is 0 Å². The average Bonchev–Trinajstić information content (AvgIpc) is 2.60. The van der Waals surface area contributed by atoms with Gasteiger partial charge in [0, 0.05) is 30.9 Å². The first kappa shape index (κ1) is 8.80. The largest absolute Gasteiger partial charge is 0.462 e. The van der Waals surface area contributed by atoms with E-state index in [1.165, 1.54) is 5.39 Å². The standard InChI is InChI=1S/C12H14N2O/c1-2-4-12-10(3-1)11(8-15-12)14-7-9-5-13-6-9/h1-4,8-9,13-14H,5-7H2. The van der Waals surface area contributed by atoms with Gasteiger partial charge in [0.2, 0.25) is 0 Å². The van der Waals surface area contributed by atoms with Gasteiger partial charge in [-0.15, -0.1) is 0 Å². The molecule has 2 aromatic rings. The van der Waals surface area contributed by atoms with Crippen molar-refractivity contribution in [1.82, 2.24) is 5.32 Å². The number of furan rings is 1. The van der Waals surface area contributed by atoms with E-state index in [1.54, 1.807) is 6.26 Å². The van der Waals surface area contributed by atoms with Crippen molar-refractivity contribution < 1.29 is 4.42 Å². The van der Waals surface area contributed by atoms with Crippen LogP contribution in [0, 0.1) is 5.92 Å². The second kappa shape index (κ2) is 3.59. The third-order valence-electron chi connectivity index (χ3n) is 2.93. The first-order valence-electron chi connectivity index (χ1n) is 5.34. The fourth-order valence-electron chi connectivity index (χ4n) is 1.86. The van der Waals surface area contributed by atoms with Gasteiger partial charge >= 0.3 is 0 Å². The molecule has 2 N–H and O–H groups in total. The number of benzene rings is 1. The summed E-state index contributed by atoms with van der Waals surface area (Å²) in [5.74, 6) is 0.763. The fraction of sp³-hybridized carbons (Fsp3) is 0.333. The lowest BCUT2D eigenvalue weighted by Crippen LogP contribution is -2.45. The monoisotopic (exact) mass is 202 g/mol. The van der Waals surface area contributed by atoms with Crippen LogP contribution < -0.4 is 10.6 Å². The highest BCUT2D eigenvalue weighted by molar-refractivity contribution is 5.90. The van der Waals surface area contributed by atoms with Gasteiger partial charge in [0.25, 0.3) is 0 Å². The molecular formula is C12H14N2O. The Labute approximate surface area is 88.5 Å². The van der Waals surface area contributed by atoms with Crippen LogP contribution in [0.5, 0.6) is 0 Å². The van der Waals surface area contributed by atoms with Crippen LogP contribution in [0.3, 0.4) is 0 Å². The molecule has 78 valence electrons. The van der Waals surface area contributed by atoms with Gasteiger partial charge in [-0.25, -0.2) is 0 Å². The van der Waals surface area contributed by atoms with E-state index in [-0.39, 0.29) is 0 Å². The van der Waals surface area contributed by atoms with Gasteiger partial charge in [0.1, 0.15) is 11.8 Å². The van der Waals surface area contributed by atoms with Crippen molar-refractivity contribution in [2.24, 2.45) is 5.92 Å². The molecule has 1 aliphatic rings. The summed E-state index contributed by atoms with van der Waals surface area (Å²) in [7, 11) is 0. The van der Waals surface area contributed by atoms with Gasteiger partial charge in [-0.05, 0) is 12.1 Å². The van der Waals surface area contributed by atoms with E-state index in [0.717, 1.165) is 36.8 Å². The molecule has 1 aromatic carbocycles.